The first-order valence-corrected chi connectivity index (χ1v) is 11.1. The Morgan fingerprint density at radius 2 is 1.73 bits per heavy atom. The van der Waals surface area contributed by atoms with Gasteiger partial charge in [-0.1, -0.05) is 48.5 Å². The van der Waals surface area contributed by atoms with Crippen molar-refractivity contribution in [2.45, 2.75) is 24.9 Å². The summed E-state index contributed by atoms with van der Waals surface area (Å²) in [6.45, 7) is 1.00. The number of nitrogens with zero attached hydrogens (tertiary/aromatic N) is 1. The average molecular weight is 453 g/mol. The highest BCUT2D eigenvalue weighted by Gasteiger charge is 2.36. The minimum atomic E-state index is -0.963. The van der Waals surface area contributed by atoms with Gasteiger partial charge in [-0.25, -0.2) is 4.79 Å². The first kappa shape index (κ1) is 22.8. The molecule has 174 valence electrons. The van der Waals surface area contributed by atoms with Crippen molar-refractivity contribution in [1.29, 1.82) is 0 Å². The van der Waals surface area contributed by atoms with E-state index in [0.717, 1.165) is 11.1 Å². The van der Waals surface area contributed by atoms with E-state index in [1.54, 1.807) is 7.05 Å². The molecule has 2 amide bonds. The van der Waals surface area contributed by atoms with Crippen molar-refractivity contribution in [3.8, 4) is 11.1 Å². The zero-order valence-corrected chi connectivity index (χ0v) is 18.5. The predicted octanol–water partition coefficient (Wildman–Crippen LogP) is 2.86. The van der Waals surface area contributed by atoms with E-state index in [1.807, 2.05) is 24.3 Å². The van der Waals surface area contributed by atoms with E-state index < -0.39 is 18.2 Å². The van der Waals surface area contributed by atoms with Gasteiger partial charge in [-0.2, -0.15) is 0 Å². The van der Waals surface area contributed by atoms with Crippen molar-refractivity contribution in [3.05, 3.63) is 59.7 Å². The Bertz CT molecular complexity index is 994. The van der Waals surface area contributed by atoms with Crippen molar-refractivity contribution in [1.82, 2.24) is 10.2 Å². The second-order valence-corrected chi connectivity index (χ2v) is 8.45. The summed E-state index contributed by atoms with van der Waals surface area (Å²) in [4.78, 5) is 37.2. The van der Waals surface area contributed by atoms with Crippen LogP contribution in [-0.4, -0.2) is 67.4 Å². The summed E-state index contributed by atoms with van der Waals surface area (Å²) in [6.07, 6.45) is -0.725. The lowest BCUT2D eigenvalue weighted by atomic mass is 9.98. The minimum Gasteiger partial charge on any atom is -0.481 e. The van der Waals surface area contributed by atoms with Gasteiger partial charge in [-0.3, -0.25) is 9.59 Å². The molecule has 33 heavy (non-hydrogen) atoms. The van der Waals surface area contributed by atoms with Crippen molar-refractivity contribution in [3.63, 3.8) is 0 Å². The molecule has 2 N–H and O–H groups in total. The Morgan fingerprint density at radius 1 is 1.09 bits per heavy atom. The van der Waals surface area contributed by atoms with E-state index in [9.17, 15) is 14.4 Å². The third-order valence-electron chi connectivity index (χ3n) is 6.35. The fourth-order valence-electron chi connectivity index (χ4n) is 4.57. The highest BCUT2D eigenvalue weighted by molar-refractivity contribution is 5.82. The lowest BCUT2D eigenvalue weighted by Crippen LogP contribution is -2.43. The second-order valence-electron chi connectivity index (χ2n) is 8.45. The number of nitrogens with one attached hydrogen (secondary N) is 1. The lowest BCUT2D eigenvalue weighted by Gasteiger charge is -2.24. The van der Waals surface area contributed by atoms with Crippen LogP contribution in [0.3, 0.4) is 0 Å². The van der Waals surface area contributed by atoms with Crippen LogP contribution in [0.5, 0.6) is 0 Å². The average Bonchev–Trinajstić information content (AvgIpc) is 3.42. The van der Waals surface area contributed by atoms with Crippen molar-refractivity contribution in [2.24, 2.45) is 5.92 Å². The topological polar surface area (TPSA) is 105 Å². The van der Waals surface area contributed by atoms with Crippen LogP contribution < -0.4 is 5.32 Å². The number of carbonyl (C=O) groups is 3. The largest absolute Gasteiger partial charge is 0.481 e. The molecule has 0 aromatic heterocycles. The number of likely N-dealkylation sites (N-methyl/N-ethyl adjacent to an activating group) is 1. The van der Waals surface area contributed by atoms with Gasteiger partial charge in [-0.15, -0.1) is 0 Å². The standard InChI is InChI=1S/C25H28N2O6/c1-27(12-10-22(28)29)24(30)23-16(11-13-32-23)14-26-25(31)33-15-21-19-8-4-2-6-17(19)18-7-3-5-9-20(18)21/h2-9,16,21,23H,10-15H2,1H3,(H,26,31)(H,28,29)/t16-,23-/m1/s1. The maximum atomic E-state index is 12.6. The monoisotopic (exact) mass is 452 g/mol. The van der Waals surface area contributed by atoms with Gasteiger partial charge in [0.25, 0.3) is 5.91 Å². The number of hydrogen-bond donors (Lipinski definition) is 2. The van der Waals surface area contributed by atoms with Gasteiger partial charge in [0.05, 0.1) is 6.42 Å². The number of ether oxygens (including phenoxy) is 2. The molecule has 1 saturated heterocycles. The molecule has 8 nitrogen and oxygen atoms in total. The maximum absolute atomic E-state index is 12.6. The van der Waals surface area contributed by atoms with Crippen molar-refractivity contribution < 1.29 is 29.0 Å². The number of fused-ring (bicyclic) bond motifs is 3. The predicted molar refractivity (Wildman–Crippen MR) is 121 cm³/mol. The first-order valence-electron chi connectivity index (χ1n) is 11.1. The van der Waals surface area contributed by atoms with E-state index >= 15 is 0 Å². The Kier molecular flexibility index (Phi) is 6.93. The van der Waals surface area contributed by atoms with Crippen LogP contribution in [0.15, 0.2) is 48.5 Å². The van der Waals surface area contributed by atoms with Crippen LogP contribution in [0.4, 0.5) is 4.79 Å². The molecule has 2 atom stereocenters. The fourth-order valence-corrected chi connectivity index (χ4v) is 4.57. The third-order valence-corrected chi connectivity index (χ3v) is 6.35. The number of benzene rings is 2. The summed E-state index contributed by atoms with van der Waals surface area (Å²) in [5.74, 6) is -1.44. The van der Waals surface area contributed by atoms with Crippen LogP contribution in [0.1, 0.15) is 29.9 Å². The van der Waals surface area contributed by atoms with Gasteiger partial charge in [0.15, 0.2) is 0 Å². The highest BCUT2D eigenvalue weighted by Crippen LogP contribution is 2.44. The van der Waals surface area contributed by atoms with Gasteiger partial charge in [0.1, 0.15) is 12.7 Å². The first-order chi connectivity index (χ1) is 16.0. The maximum Gasteiger partial charge on any atom is 0.407 e. The summed E-state index contributed by atoms with van der Waals surface area (Å²) in [5.41, 5.74) is 4.62. The molecule has 1 aliphatic heterocycles. The van der Waals surface area contributed by atoms with E-state index in [0.29, 0.717) is 13.0 Å². The molecule has 0 bridgehead atoms. The molecule has 4 rings (SSSR count). The molecule has 0 unspecified atom stereocenters. The van der Waals surface area contributed by atoms with Gasteiger partial charge >= 0.3 is 12.1 Å². The van der Waals surface area contributed by atoms with Gasteiger partial charge in [0.2, 0.25) is 0 Å². The smallest absolute Gasteiger partial charge is 0.407 e. The molecular formula is C25H28N2O6. The summed E-state index contributed by atoms with van der Waals surface area (Å²) in [6, 6.07) is 16.3. The Balaban J connectivity index is 1.30. The summed E-state index contributed by atoms with van der Waals surface area (Å²) >= 11 is 0. The van der Waals surface area contributed by atoms with Gasteiger partial charge < -0.3 is 24.8 Å². The highest BCUT2D eigenvalue weighted by atomic mass is 16.5. The fraction of sp³-hybridized carbons (Fsp3) is 0.400. The van der Waals surface area contributed by atoms with Gasteiger partial charge in [0, 0.05) is 38.6 Å². The zero-order chi connectivity index (χ0) is 23.4. The number of amides is 2. The quantitative estimate of drug-likeness (QED) is 0.638. The molecule has 0 spiro atoms. The molecule has 0 radical (unpaired) electrons. The zero-order valence-electron chi connectivity index (χ0n) is 18.5. The molecule has 2 aliphatic rings. The van der Waals surface area contributed by atoms with E-state index in [-0.39, 0.29) is 43.9 Å². The van der Waals surface area contributed by atoms with Crippen LogP contribution in [0.25, 0.3) is 11.1 Å². The van der Waals surface area contributed by atoms with E-state index in [1.165, 1.54) is 16.0 Å². The number of carboxylic acid groups (broad SMARTS) is 1. The summed E-state index contributed by atoms with van der Waals surface area (Å²) in [5, 5.41) is 11.6. The molecule has 8 heteroatoms. The number of hydrogen-bond acceptors (Lipinski definition) is 5. The normalized spacial score (nSPS) is 18.9. The molecule has 0 saturated carbocycles. The summed E-state index contributed by atoms with van der Waals surface area (Å²) in [7, 11) is 1.56. The third kappa shape index (κ3) is 5.01. The van der Waals surface area contributed by atoms with Crippen LogP contribution >= 0.6 is 0 Å². The Morgan fingerprint density at radius 3 is 2.36 bits per heavy atom. The van der Waals surface area contributed by atoms with Gasteiger partial charge in [-0.05, 0) is 28.7 Å². The minimum absolute atomic E-state index is 0.0184. The molecule has 1 heterocycles. The molecule has 1 fully saturated rings. The van der Waals surface area contributed by atoms with Crippen molar-refractivity contribution in [2.75, 3.05) is 33.4 Å². The summed E-state index contributed by atoms with van der Waals surface area (Å²) < 4.78 is 11.1. The number of alkyl carbamates (subject to hydrolysis) is 1. The molecule has 2 aromatic rings. The van der Waals surface area contributed by atoms with Crippen LogP contribution in [-0.2, 0) is 19.1 Å². The van der Waals surface area contributed by atoms with E-state index in [2.05, 4.69) is 29.6 Å². The SMILES string of the molecule is CN(CCC(=O)O)C(=O)[C@@H]1OCC[C@@H]1CNC(=O)OCC1c2ccccc2-c2ccccc21. The lowest BCUT2D eigenvalue weighted by molar-refractivity contribution is -0.143. The Labute approximate surface area is 192 Å². The van der Waals surface area contributed by atoms with Crippen LogP contribution in [0, 0.1) is 5.92 Å². The second kappa shape index (κ2) is 10.0. The van der Waals surface area contributed by atoms with E-state index in [4.69, 9.17) is 14.6 Å². The molecular weight excluding hydrogens is 424 g/mol. The number of rotatable bonds is 8. The molecule has 1 aliphatic carbocycles. The van der Waals surface area contributed by atoms with Crippen molar-refractivity contribution >= 4 is 18.0 Å². The van der Waals surface area contributed by atoms with Crippen LogP contribution in [0.2, 0.25) is 0 Å². The number of carbonyl (C=O) groups excluding carboxylic acids is 2. The molecule has 2 aromatic carbocycles. The Hall–Kier alpha value is -3.39. The number of carboxylic acids is 1. The number of aliphatic carboxylic acids is 1.